The lowest BCUT2D eigenvalue weighted by Gasteiger charge is -2.05. The van der Waals surface area contributed by atoms with Crippen LogP contribution in [0.4, 0.5) is 11.4 Å². The first-order valence-corrected chi connectivity index (χ1v) is 7.56. The van der Waals surface area contributed by atoms with Gasteiger partial charge in [-0.15, -0.1) is 0 Å². The maximum atomic E-state index is 11.6. The van der Waals surface area contributed by atoms with Gasteiger partial charge in [-0.2, -0.15) is 5.10 Å². The summed E-state index contributed by atoms with van der Waals surface area (Å²) in [5.74, 6) is -0.604. The molecule has 27 heavy (non-hydrogen) atoms. The third-order valence-electron chi connectivity index (χ3n) is 3.16. The largest absolute Gasteiger partial charge is 0.477 e. The molecule has 10 nitrogen and oxygen atoms in total. The number of para-hydroxylation sites is 2. The number of benzene rings is 2. The van der Waals surface area contributed by atoms with E-state index in [0.717, 1.165) is 5.56 Å². The van der Waals surface area contributed by atoms with Gasteiger partial charge >= 0.3 is 5.69 Å². The van der Waals surface area contributed by atoms with Crippen molar-refractivity contribution in [2.75, 3.05) is 6.61 Å². The number of rotatable bonds is 8. The van der Waals surface area contributed by atoms with Crippen LogP contribution in [0.3, 0.4) is 0 Å². The Morgan fingerprint density at radius 2 is 1.78 bits per heavy atom. The molecule has 1 amide bonds. The minimum absolute atomic E-state index is 0.00765. The van der Waals surface area contributed by atoms with Crippen LogP contribution in [0.25, 0.3) is 6.08 Å². The highest BCUT2D eigenvalue weighted by molar-refractivity contribution is 5.82. The Kier molecular flexibility index (Phi) is 6.71. The van der Waals surface area contributed by atoms with Gasteiger partial charge in [-0.3, -0.25) is 25.0 Å². The second-order valence-corrected chi connectivity index (χ2v) is 5.03. The standard InChI is InChI=1S/C17H14N4O6/c22-17(12-27-16-6-2-1-5-15(16)21(25)26)19-18-11-3-4-13-7-9-14(10-8-13)20(23)24/h1-11H,12H2,(H,19,22). The lowest BCUT2D eigenvalue weighted by Crippen LogP contribution is -2.24. The van der Waals surface area contributed by atoms with Crippen LogP contribution in [0, 0.1) is 20.2 Å². The SMILES string of the molecule is O=C(COc1ccccc1[N+](=O)[O-])NN=CC=Cc1ccc([N+](=O)[O-])cc1. The third kappa shape index (κ3) is 6.05. The van der Waals surface area contributed by atoms with Crippen LogP contribution in [-0.4, -0.2) is 28.6 Å². The van der Waals surface area contributed by atoms with Crippen molar-refractivity contribution in [3.63, 3.8) is 0 Å². The van der Waals surface area contributed by atoms with E-state index < -0.39 is 22.4 Å². The zero-order valence-electron chi connectivity index (χ0n) is 13.8. The molecule has 0 fully saturated rings. The predicted molar refractivity (Wildman–Crippen MR) is 97.4 cm³/mol. The lowest BCUT2D eigenvalue weighted by atomic mass is 10.2. The molecule has 2 rings (SSSR count). The number of amides is 1. The summed E-state index contributed by atoms with van der Waals surface area (Å²) < 4.78 is 5.12. The molecule has 0 aliphatic rings. The van der Waals surface area contributed by atoms with Crippen molar-refractivity contribution >= 4 is 29.6 Å². The van der Waals surface area contributed by atoms with Gasteiger partial charge in [0.15, 0.2) is 12.4 Å². The smallest absolute Gasteiger partial charge is 0.310 e. The molecule has 0 aromatic heterocycles. The molecule has 0 aliphatic heterocycles. The molecule has 0 saturated heterocycles. The van der Waals surface area contributed by atoms with Gasteiger partial charge in [-0.1, -0.05) is 18.2 Å². The van der Waals surface area contributed by atoms with Crippen molar-refractivity contribution in [1.82, 2.24) is 5.43 Å². The maximum absolute atomic E-state index is 11.6. The summed E-state index contributed by atoms with van der Waals surface area (Å²) in [5.41, 5.74) is 2.68. The minimum atomic E-state index is -0.603. The van der Waals surface area contributed by atoms with Crippen molar-refractivity contribution in [2.45, 2.75) is 0 Å². The Hall–Kier alpha value is -4.08. The first-order chi connectivity index (χ1) is 13.0. The topological polar surface area (TPSA) is 137 Å². The number of nitro benzene ring substituents is 2. The number of nitrogens with one attached hydrogen (secondary N) is 1. The number of non-ortho nitro benzene ring substituents is 1. The molecular formula is C17H14N4O6. The van der Waals surface area contributed by atoms with E-state index in [-0.39, 0.29) is 17.1 Å². The van der Waals surface area contributed by atoms with Crippen molar-refractivity contribution in [3.05, 3.63) is 80.4 Å². The summed E-state index contributed by atoms with van der Waals surface area (Å²) in [6.45, 7) is -0.436. The van der Waals surface area contributed by atoms with Crippen molar-refractivity contribution < 1.29 is 19.4 Å². The average molecular weight is 370 g/mol. The fourth-order valence-electron chi connectivity index (χ4n) is 1.92. The number of nitrogens with zero attached hydrogens (tertiary/aromatic N) is 3. The van der Waals surface area contributed by atoms with Gasteiger partial charge in [0, 0.05) is 24.4 Å². The molecule has 0 bridgehead atoms. The van der Waals surface area contributed by atoms with Crippen LogP contribution < -0.4 is 10.2 Å². The maximum Gasteiger partial charge on any atom is 0.310 e. The number of ether oxygens (including phenoxy) is 1. The highest BCUT2D eigenvalue weighted by atomic mass is 16.6. The summed E-state index contributed by atoms with van der Waals surface area (Å²) in [6.07, 6.45) is 4.48. The molecule has 0 unspecified atom stereocenters. The molecule has 2 aromatic rings. The Morgan fingerprint density at radius 1 is 1.07 bits per heavy atom. The number of allylic oxidation sites excluding steroid dienone is 1. The molecule has 138 valence electrons. The number of nitro groups is 2. The van der Waals surface area contributed by atoms with Crippen LogP contribution in [0.1, 0.15) is 5.56 Å². The van der Waals surface area contributed by atoms with E-state index in [1.165, 1.54) is 42.6 Å². The van der Waals surface area contributed by atoms with E-state index in [0.29, 0.717) is 0 Å². The van der Waals surface area contributed by atoms with E-state index in [2.05, 4.69) is 10.5 Å². The summed E-state index contributed by atoms with van der Waals surface area (Å²) in [4.78, 5) is 31.9. The quantitative estimate of drug-likeness (QED) is 0.431. The number of carbonyl (C=O) groups is 1. The number of hydrazone groups is 1. The predicted octanol–water partition coefficient (Wildman–Crippen LogP) is 2.70. The van der Waals surface area contributed by atoms with E-state index >= 15 is 0 Å². The minimum Gasteiger partial charge on any atom is -0.477 e. The second-order valence-electron chi connectivity index (χ2n) is 5.03. The van der Waals surface area contributed by atoms with Gasteiger partial charge in [0.2, 0.25) is 0 Å². The Bertz CT molecular complexity index is 893. The van der Waals surface area contributed by atoms with E-state index in [1.807, 2.05) is 0 Å². The van der Waals surface area contributed by atoms with E-state index in [4.69, 9.17) is 4.74 Å². The van der Waals surface area contributed by atoms with Crippen molar-refractivity contribution in [1.29, 1.82) is 0 Å². The summed E-state index contributed by atoms with van der Waals surface area (Å²) in [6, 6.07) is 11.6. The summed E-state index contributed by atoms with van der Waals surface area (Å²) >= 11 is 0. The van der Waals surface area contributed by atoms with Crippen LogP contribution in [0.15, 0.2) is 59.7 Å². The van der Waals surface area contributed by atoms with Crippen molar-refractivity contribution in [2.24, 2.45) is 5.10 Å². The van der Waals surface area contributed by atoms with Crippen molar-refractivity contribution in [3.8, 4) is 5.75 Å². The zero-order chi connectivity index (χ0) is 19.6. The number of carbonyl (C=O) groups excluding carboxylic acids is 1. The third-order valence-corrected chi connectivity index (χ3v) is 3.16. The lowest BCUT2D eigenvalue weighted by molar-refractivity contribution is -0.385. The Morgan fingerprint density at radius 3 is 2.44 bits per heavy atom. The highest BCUT2D eigenvalue weighted by Crippen LogP contribution is 2.25. The van der Waals surface area contributed by atoms with Crippen LogP contribution >= 0.6 is 0 Å². The Balaban J connectivity index is 1.80. The van der Waals surface area contributed by atoms with E-state index in [1.54, 1.807) is 24.3 Å². The average Bonchev–Trinajstić information content (AvgIpc) is 2.66. The molecule has 1 N–H and O–H groups in total. The van der Waals surface area contributed by atoms with Gasteiger partial charge in [0.05, 0.1) is 9.85 Å². The van der Waals surface area contributed by atoms with Gasteiger partial charge < -0.3 is 4.74 Å². The summed E-state index contributed by atoms with van der Waals surface area (Å²) in [7, 11) is 0. The van der Waals surface area contributed by atoms with Crippen LogP contribution in [0.5, 0.6) is 5.75 Å². The number of hydrogen-bond donors (Lipinski definition) is 1. The molecule has 0 heterocycles. The molecule has 10 heteroatoms. The zero-order valence-corrected chi connectivity index (χ0v) is 13.8. The molecule has 0 spiro atoms. The first-order valence-electron chi connectivity index (χ1n) is 7.56. The van der Waals surface area contributed by atoms with Crippen LogP contribution in [0.2, 0.25) is 0 Å². The Labute approximate surface area is 153 Å². The summed E-state index contributed by atoms with van der Waals surface area (Å²) in [5, 5.41) is 25.1. The normalized spacial score (nSPS) is 10.8. The first kappa shape index (κ1) is 19.2. The molecular weight excluding hydrogens is 356 g/mol. The fraction of sp³-hybridized carbons (Fsp3) is 0.0588. The molecule has 2 aromatic carbocycles. The van der Waals surface area contributed by atoms with Gasteiger partial charge in [-0.25, -0.2) is 5.43 Å². The number of hydrogen-bond acceptors (Lipinski definition) is 7. The fourth-order valence-corrected chi connectivity index (χ4v) is 1.92. The monoisotopic (exact) mass is 370 g/mol. The molecule has 0 radical (unpaired) electrons. The molecule has 0 aliphatic carbocycles. The van der Waals surface area contributed by atoms with E-state index in [9.17, 15) is 25.0 Å². The highest BCUT2D eigenvalue weighted by Gasteiger charge is 2.14. The van der Waals surface area contributed by atoms with Gasteiger partial charge in [0.25, 0.3) is 11.6 Å². The van der Waals surface area contributed by atoms with Gasteiger partial charge in [-0.05, 0) is 29.8 Å². The second kappa shape index (κ2) is 9.42. The molecule has 0 atom stereocenters. The molecule has 0 saturated carbocycles. The van der Waals surface area contributed by atoms with Gasteiger partial charge in [0.1, 0.15) is 0 Å². The van der Waals surface area contributed by atoms with Crippen LogP contribution in [-0.2, 0) is 4.79 Å².